The van der Waals surface area contributed by atoms with E-state index < -0.39 is 16.7 Å². The summed E-state index contributed by atoms with van der Waals surface area (Å²) < 4.78 is 42.8. The van der Waals surface area contributed by atoms with Crippen molar-refractivity contribution in [2.45, 2.75) is 6.18 Å². The molecule has 1 aromatic heterocycles. The second-order valence-corrected chi connectivity index (χ2v) is 3.97. The van der Waals surface area contributed by atoms with Gasteiger partial charge in [0, 0.05) is 6.07 Å². The first-order chi connectivity index (χ1) is 9.77. The van der Waals surface area contributed by atoms with Crippen LogP contribution in [0.4, 0.5) is 24.5 Å². The minimum absolute atomic E-state index is 0.127. The quantitative estimate of drug-likeness (QED) is 0.693. The van der Waals surface area contributed by atoms with Crippen molar-refractivity contribution in [3.05, 3.63) is 52.2 Å². The third-order valence-electron chi connectivity index (χ3n) is 2.45. The van der Waals surface area contributed by atoms with E-state index >= 15 is 0 Å². The Morgan fingerprint density at radius 2 is 2.00 bits per heavy atom. The summed E-state index contributed by atoms with van der Waals surface area (Å²) in [5.74, 6) is -0.335. The topological polar surface area (TPSA) is 91.3 Å². The van der Waals surface area contributed by atoms with Crippen LogP contribution in [-0.2, 0) is 6.18 Å². The minimum atomic E-state index is -4.51. The van der Waals surface area contributed by atoms with E-state index in [2.05, 4.69) is 4.98 Å². The van der Waals surface area contributed by atoms with Crippen molar-refractivity contribution in [1.82, 2.24) is 4.98 Å². The van der Waals surface area contributed by atoms with Gasteiger partial charge < -0.3 is 10.5 Å². The predicted molar refractivity (Wildman–Crippen MR) is 66.8 cm³/mol. The SMILES string of the molecule is Nc1cc([N+](=O)[O-])cnc1Oc1cccc(C(F)(F)F)c1. The maximum absolute atomic E-state index is 12.6. The second kappa shape index (κ2) is 5.27. The summed E-state index contributed by atoms with van der Waals surface area (Å²) in [4.78, 5) is 13.4. The van der Waals surface area contributed by atoms with E-state index in [1.807, 2.05) is 0 Å². The molecule has 0 aliphatic carbocycles. The number of ether oxygens (including phenoxy) is 1. The fourth-order valence-corrected chi connectivity index (χ4v) is 1.49. The highest BCUT2D eigenvalue weighted by molar-refractivity contribution is 5.54. The monoisotopic (exact) mass is 299 g/mol. The van der Waals surface area contributed by atoms with Crippen LogP contribution >= 0.6 is 0 Å². The van der Waals surface area contributed by atoms with Gasteiger partial charge in [0.05, 0.1) is 10.5 Å². The summed E-state index contributed by atoms with van der Waals surface area (Å²) in [5.41, 5.74) is 4.13. The molecule has 0 atom stereocenters. The van der Waals surface area contributed by atoms with Gasteiger partial charge in [-0.25, -0.2) is 4.98 Å². The van der Waals surface area contributed by atoms with E-state index in [1.165, 1.54) is 12.1 Å². The number of pyridine rings is 1. The standard InChI is InChI=1S/C12H8F3N3O3/c13-12(14,15)7-2-1-3-9(4-7)21-11-10(16)5-8(6-17-11)18(19)20/h1-6H,16H2. The van der Waals surface area contributed by atoms with Crippen molar-refractivity contribution in [3.63, 3.8) is 0 Å². The van der Waals surface area contributed by atoms with Crippen LogP contribution in [0.1, 0.15) is 5.56 Å². The number of anilines is 1. The Morgan fingerprint density at radius 1 is 1.29 bits per heavy atom. The molecule has 0 radical (unpaired) electrons. The van der Waals surface area contributed by atoms with Crippen LogP contribution in [0, 0.1) is 10.1 Å². The zero-order valence-corrected chi connectivity index (χ0v) is 10.3. The molecule has 1 aromatic carbocycles. The number of benzene rings is 1. The van der Waals surface area contributed by atoms with E-state index in [-0.39, 0.29) is 23.0 Å². The smallest absolute Gasteiger partial charge is 0.416 e. The lowest BCUT2D eigenvalue weighted by Gasteiger charge is -2.10. The molecule has 110 valence electrons. The Kier molecular flexibility index (Phi) is 3.66. The van der Waals surface area contributed by atoms with Crippen LogP contribution in [0.15, 0.2) is 36.5 Å². The average molecular weight is 299 g/mol. The Hall–Kier alpha value is -2.84. The molecule has 2 N–H and O–H groups in total. The molecule has 2 rings (SSSR count). The van der Waals surface area contributed by atoms with Gasteiger partial charge >= 0.3 is 6.18 Å². The van der Waals surface area contributed by atoms with Gasteiger partial charge in [0.25, 0.3) is 5.69 Å². The van der Waals surface area contributed by atoms with Gasteiger partial charge in [-0.2, -0.15) is 13.2 Å². The van der Waals surface area contributed by atoms with Gasteiger partial charge in [-0.15, -0.1) is 0 Å². The molecule has 0 aliphatic heterocycles. The van der Waals surface area contributed by atoms with E-state index in [4.69, 9.17) is 10.5 Å². The van der Waals surface area contributed by atoms with Crippen molar-refractivity contribution >= 4 is 11.4 Å². The van der Waals surface area contributed by atoms with Crippen molar-refractivity contribution in [2.75, 3.05) is 5.73 Å². The molecule has 0 saturated heterocycles. The largest absolute Gasteiger partial charge is 0.437 e. The van der Waals surface area contributed by atoms with Gasteiger partial charge in [0.2, 0.25) is 5.88 Å². The second-order valence-electron chi connectivity index (χ2n) is 3.97. The molecule has 0 spiro atoms. The average Bonchev–Trinajstić information content (AvgIpc) is 2.40. The van der Waals surface area contributed by atoms with Crippen molar-refractivity contribution in [2.24, 2.45) is 0 Å². The Balaban J connectivity index is 2.28. The Labute approximate surface area is 116 Å². The van der Waals surface area contributed by atoms with Crippen LogP contribution in [0.5, 0.6) is 11.6 Å². The van der Waals surface area contributed by atoms with E-state index in [0.717, 1.165) is 24.4 Å². The number of alkyl halides is 3. The third kappa shape index (κ3) is 3.38. The number of aromatic nitrogens is 1. The number of halogens is 3. The van der Waals surface area contributed by atoms with Crippen LogP contribution in [-0.4, -0.2) is 9.91 Å². The highest BCUT2D eigenvalue weighted by atomic mass is 19.4. The third-order valence-corrected chi connectivity index (χ3v) is 2.45. The normalized spacial score (nSPS) is 11.2. The molecule has 0 fully saturated rings. The van der Waals surface area contributed by atoms with Gasteiger partial charge in [-0.3, -0.25) is 10.1 Å². The lowest BCUT2D eigenvalue weighted by Crippen LogP contribution is -2.05. The zero-order valence-electron chi connectivity index (χ0n) is 10.3. The predicted octanol–water partition coefficient (Wildman–Crippen LogP) is 3.38. The van der Waals surface area contributed by atoms with E-state index in [1.54, 1.807) is 0 Å². The van der Waals surface area contributed by atoms with E-state index in [9.17, 15) is 23.3 Å². The molecule has 1 heterocycles. The zero-order chi connectivity index (χ0) is 15.6. The fraction of sp³-hybridized carbons (Fsp3) is 0.0833. The minimum Gasteiger partial charge on any atom is -0.437 e. The molecule has 21 heavy (non-hydrogen) atoms. The Morgan fingerprint density at radius 3 is 2.57 bits per heavy atom. The van der Waals surface area contributed by atoms with Crippen LogP contribution in [0.3, 0.4) is 0 Å². The summed E-state index contributed by atoms with van der Waals surface area (Å²) in [5, 5.41) is 10.5. The molecule has 0 amide bonds. The number of rotatable bonds is 3. The molecule has 2 aromatic rings. The highest BCUT2D eigenvalue weighted by Gasteiger charge is 2.30. The fourth-order valence-electron chi connectivity index (χ4n) is 1.49. The van der Waals surface area contributed by atoms with Gasteiger partial charge in [-0.05, 0) is 18.2 Å². The molecule has 0 unspecified atom stereocenters. The van der Waals surface area contributed by atoms with Gasteiger partial charge in [0.15, 0.2) is 0 Å². The molecule has 6 nitrogen and oxygen atoms in total. The summed E-state index contributed by atoms with van der Waals surface area (Å²) in [6.07, 6.45) is -3.60. The highest BCUT2D eigenvalue weighted by Crippen LogP contribution is 2.33. The van der Waals surface area contributed by atoms with Gasteiger partial charge in [0.1, 0.15) is 17.6 Å². The maximum Gasteiger partial charge on any atom is 0.416 e. The number of nitrogen functional groups attached to an aromatic ring is 1. The first kappa shape index (κ1) is 14.6. The van der Waals surface area contributed by atoms with Crippen molar-refractivity contribution < 1.29 is 22.8 Å². The summed E-state index contributed by atoms with van der Waals surface area (Å²) >= 11 is 0. The molecule has 0 saturated carbocycles. The van der Waals surface area contributed by atoms with Crippen LogP contribution in [0.2, 0.25) is 0 Å². The molecular formula is C12H8F3N3O3. The number of hydrogen-bond donors (Lipinski definition) is 1. The number of nitro groups is 1. The summed E-state index contributed by atoms with van der Waals surface area (Å²) in [6.45, 7) is 0. The lowest BCUT2D eigenvalue weighted by atomic mass is 10.2. The molecule has 0 bridgehead atoms. The molecule has 9 heteroatoms. The van der Waals surface area contributed by atoms with E-state index in [0.29, 0.717) is 0 Å². The molecular weight excluding hydrogens is 291 g/mol. The number of hydrogen-bond acceptors (Lipinski definition) is 5. The number of nitrogens with zero attached hydrogens (tertiary/aromatic N) is 2. The maximum atomic E-state index is 12.6. The van der Waals surface area contributed by atoms with Crippen LogP contribution < -0.4 is 10.5 Å². The summed E-state index contributed by atoms with van der Waals surface area (Å²) in [7, 11) is 0. The Bertz CT molecular complexity index is 689. The lowest BCUT2D eigenvalue weighted by molar-refractivity contribution is -0.385. The first-order valence-corrected chi connectivity index (χ1v) is 5.52. The van der Waals surface area contributed by atoms with Crippen molar-refractivity contribution in [1.29, 1.82) is 0 Å². The molecule has 0 aliphatic rings. The van der Waals surface area contributed by atoms with Crippen LogP contribution in [0.25, 0.3) is 0 Å². The number of nitrogens with two attached hydrogens (primary N) is 1. The summed E-state index contributed by atoms with van der Waals surface area (Å²) in [6, 6.07) is 5.13. The van der Waals surface area contributed by atoms with Gasteiger partial charge in [-0.1, -0.05) is 6.07 Å². The van der Waals surface area contributed by atoms with Crippen molar-refractivity contribution in [3.8, 4) is 11.6 Å². The first-order valence-electron chi connectivity index (χ1n) is 5.52.